The number of ether oxygens (including phenoxy) is 1. The molecule has 2 aliphatic rings. The van der Waals surface area contributed by atoms with Gasteiger partial charge in [-0.1, -0.05) is 6.92 Å². The lowest BCUT2D eigenvalue weighted by Gasteiger charge is -2.38. The van der Waals surface area contributed by atoms with Crippen molar-refractivity contribution in [3.8, 4) is 0 Å². The van der Waals surface area contributed by atoms with E-state index in [0.717, 1.165) is 32.0 Å². The van der Waals surface area contributed by atoms with Crippen LogP contribution in [0.1, 0.15) is 26.2 Å². The first-order valence-corrected chi connectivity index (χ1v) is 5.78. The smallest absolute Gasteiger partial charge is 0.191 e. The Bertz CT molecular complexity index is 263. The summed E-state index contributed by atoms with van der Waals surface area (Å²) in [5, 5.41) is 0. The van der Waals surface area contributed by atoms with Gasteiger partial charge in [-0.3, -0.25) is 4.99 Å². The lowest BCUT2D eigenvalue weighted by molar-refractivity contribution is 0.0613. The van der Waals surface area contributed by atoms with Crippen LogP contribution in [-0.4, -0.2) is 43.2 Å². The molecule has 1 fully saturated rings. The second kappa shape index (κ2) is 4.00. The molecule has 4 nitrogen and oxygen atoms in total. The van der Waals surface area contributed by atoms with Crippen LogP contribution in [0.5, 0.6) is 0 Å². The van der Waals surface area contributed by atoms with Gasteiger partial charge in [-0.05, 0) is 25.2 Å². The lowest BCUT2D eigenvalue weighted by atomic mass is 9.96. The van der Waals surface area contributed by atoms with E-state index in [4.69, 9.17) is 10.5 Å². The van der Waals surface area contributed by atoms with Crippen molar-refractivity contribution in [3.63, 3.8) is 0 Å². The monoisotopic (exact) mass is 211 g/mol. The minimum absolute atomic E-state index is 0.0292. The molecule has 1 saturated carbocycles. The Balaban J connectivity index is 2.08. The second-order valence-electron chi connectivity index (χ2n) is 4.74. The van der Waals surface area contributed by atoms with Crippen LogP contribution in [0, 0.1) is 5.92 Å². The molecule has 15 heavy (non-hydrogen) atoms. The molecule has 0 spiro atoms. The molecule has 1 aliphatic carbocycles. The molecule has 2 N–H and O–H groups in total. The van der Waals surface area contributed by atoms with Crippen molar-refractivity contribution < 1.29 is 4.74 Å². The van der Waals surface area contributed by atoms with E-state index in [-0.39, 0.29) is 5.54 Å². The third-order valence-corrected chi connectivity index (χ3v) is 3.59. The maximum Gasteiger partial charge on any atom is 0.191 e. The van der Waals surface area contributed by atoms with Gasteiger partial charge in [0.1, 0.15) is 0 Å². The minimum atomic E-state index is 0.0292. The largest absolute Gasteiger partial charge is 0.382 e. The van der Waals surface area contributed by atoms with Crippen LogP contribution in [-0.2, 0) is 4.74 Å². The SMILES string of the molecule is CCC1(COC)CN=C(N)N1CC1CC1. The number of methoxy groups -OCH3 is 1. The van der Waals surface area contributed by atoms with Crippen molar-refractivity contribution in [3.05, 3.63) is 0 Å². The third kappa shape index (κ3) is 1.95. The van der Waals surface area contributed by atoms with E-state index in [1.807, 2.05) is 0 Å². The molecule has 0 aromatic carbocycles. The van der Waals surface area contributed by atoms with Crippen LogP contribution in [0.2, 0.25) is 0 Å². The van der Waals surface area contributed by atoms with Crippen molar-refractivity contribution >= 4 is 5.96 Å². The topological polar surface area (TPSA) is 50.9 Å². The molecule has 0 saturated heterocycles. The predicted molar refractivity (Wildman–Crippen MR) is 60.8 cm³/mol. The molecule has 1 aliphatic heterocycles. The van der Waals surface area contributed by atoms with Gasteiger partial charge in [-0.25, -0.2) is 0 Å². The summed E-state index contributed by atoms with van der Waals surface area (Å²) in [6, 6.07) is 0. The Kier molecular flexibility index (Phi) is 2.87. The van der Waals surface area contributed by atoms with E-state index >= 15 is 0 Å². The van der Waals surface area contributed by atoms with E-state index in [1.54, 1.807) is 7.11 Å². The molecule has 0 aromatic heterocycles. The fourth-order valence-corrected chi connectivity index (χ4v) is 2.28. The van der Waals surface area contributed by atoms with Gasteiger partial charge < -0.3 is 15.4 Å². The van der Waals surface area contributed by atoms with Gasteiger partial charge >= 0.3 is 0 Å². The van der Waals surface area contributed by atoms with E-state index in [1.165, 1.54) is 12.8 Å². The molecule has 4 heteroatoms. The normalized spacial score (nSPS) is 30.8. The van der Waals surface area contributed by atoms with Crippen LogP contribution in [0.25, 0.3) is 0 Å². The molecular weight excluding hydrogens is 190 g/mol. The van der Waals surface area contributed by atoms with Crippen LogP contribution in [0.4, 0.5) is 0 Å². The first-order chi connectivity index (χ1) is 7.22. The highest BCUT2D eigenvalue weighted by Gasteiger charge is 2.42. The average molecular weight is 211 g/mol. The highest BCUT2D eigenvalue weighted by Crippen LogP contribution is 2.34. The molecule has 86 valence electrons. The van der Waals surface area contributed by atoms with Gasteiger partial charge in [-0.2, -0.15) is 0 Å². The lowest BCUT2D eigenvalue weighted by Crippen LogP contribution is -2.54. The highest BCUT2D eigenvalue weighted by atomic mass is 16.5. The van der Waals surface area contributed by atoms with Gasteiger partial charge in [0.25, 0.3) is 0 Å². The van der Waals surface area contributed by atoms with Gasteiger partial charge in [-0.15, -0.1) is 0 Å². The van der Waals surface area contributed by atoms with Gasteiger partial charge in [0.05, 0.1) is 18.7 Å². The molecule has 1 atom stereocenters. The standard InChI is InChI=1S/C11H21N3O/c1-3-11(8-15-2)7-13-10(12)14(11)6-9-4-5-9/h9H,3-8H2,1-2H3,(H2,12,13). The van der Waals surface area contributed by atoms with E-state index in [9.17, 15) is 0 Å². The number of aliphatic imine (C=N–C) groups is 1. The number of guanidine groups is 1. The van der Waals surface area contributed by atoms with Gasteiger partial charge in [0.2, 0.25) is 0 Å². The predicted octanol–water partition coefficient (Wildman–Crippen LogP) is 0.822. The van der Waals surface area contributed by atoms with Crippen molar-refractivity contribution in [2.24, 2.45) is 16.6 Å². The zero-order valence-electron chi connectivity index (χ0n) is 9.70. The van der Waals surface area contributed by atoms with E-state index < -0.39 is 0 Å². The number of nitrogens with two attached hydrogens (primary N) is 1. The zero-order valence-corrected chi connectivity index (χ0v) is 9.70. The Morgan fingerprint density at radius 2 is 2.33 bits per heavy atom. The maximum atomic E-state index is 5.96. The summed E-state index contributed by atoms with van der Waals surface area (Å²) in [5.74, 6) is 1.54. The van der Waals surface area contributed by atoms with Crippen LogP contribution < -0.4 is 5.73 Å². The first-order valence-electron chi connectivity index (χ1n) is 5.78. The summed E-state index contributed by atoms with van der Waals surface area (Å²) >= 11 is 0. The molecular formula is C11H21N3O. The van der Waals surface area contributed by atoms with Crippen molar-refractivity contribution in [2.75, 3.05) is 26.8 Å². The number of hydrogen-bond donors (Lipinski definition) is 1. The summed E-state index contributed by atoms with van der Waals surface area (Å²) in [7, 11) is 1.75. The summed E-state index contributed by atoms with van der Waals surface area (Å²) in [5.41, 5.74) is 5.99. The van der Waals surface area contributed by atoms with Crippen LogP contribution in [0.3, 0.4) is 0 Å². The number of nitrogens with zero attached hydrogens (tertiary/aromatic N) is 2. The van der Waals surface area contributed by atoms with Gasteiger partial charge in [0.15, 0.2) is 5.96 Å². The Morgan fingerprint density at radius 1 is 1.60 bits per heavy atom. The summed E-state index contributed by atoms with van der Waals surface area (Å²) in [6.45, 7) is 4.76. The molecule has 0 bridgehead atoms. The molecule has 1 unspecified atom stereocenters. The van der Waals surface area contributed by atoms with E-state index in [0.29, 0.717) is 5.96 Å². The Hall–Kier alpha value is -0.770. The van der Waals surface area contributed by atoms with Crippen LogP contribution in [0.15, 0.2) is 4.99 Å². The Morgan fingerprint density at radius 3 is 2.87 bits per heavy atom. The Labute approximate surface area is 91.5 Å². The average Bonchev–Trinajstić information content (AvgIpc) is 2.99. The van der Waals surface area contributed by atoms with Crippen molar-refractivity contribution in [1.82, 2.24) is 4.90 Å². The zero-order chi connectivity index (χ0) is 10.9. The minimum Gasteiger partial charge on any atom is -0.382 e. The van der Waals surface area contributed by atoms with Crippen molar-refractivity contribution in [1.29, 1.82) is 0 Å². The molecule has 2 rings (SSSR count). The molecule has 0 amide bonds. The fraction of sp³-hybridized carbons (Fsp3) is 0.909. The summed E-state index contributed by atoms with van der Waals surface area (Å²) in [6.07, 6.45) is 3.73. The number of hydrogen-bond acceptors (Lipinski definition) is 4. The second-order valence-corrected chi connectivity index (χ2v) is 4.74. The maximum absolute atomic E-state index is 5.96. The molecule has 1 heterocycles. The van der Waals surface area contributed by atoms with E-state index in [2.05, 4.69) is 16.8 Å². The highest BCUT2D eigenvalue weighted by molar-refractivity contribution is 5.81. The first kappa shape index (κ1) is 10.7. The summed E-state index contributed by atoms with van der Waals surface area (Å²) in [4.78, 5) is 6.65. The van der Waals surface area contributed by atoms with Crippen molar-refractivity contribution in [2.45, 2.75) is 31.7 Å². The third-order valence-electron chi connectivity index (χ3n) is 3.59. The van der Waals surface area contributed by atoms with Gasteiger partial charge in [0, 0.05) is 13.7 Å². The quantitative estimate of drug-likeness (QED) is 0.732. The molecule has 0 aromatic rings. The molecule has 0 radical (unpaired) electrons. The number of rotatable bonds is 5. The van der Waals surface area contributed by atoms with Crippen LogP contribution >= 0.6 is 0 Å². The summed E-state index contributed by atoms with van der Waals surface area (Å²) < 4.78 is 5.33. The fourth-order valence-electron chi connectivity index (χ4n) is 2.28.